The molecule has 1 unspecified atom stereocenters. The van der Waals surface area contributed by atoms with Crippen LogP contribution in [-0.4, -0.2) is 11.7 Å². The zero-order chi connectivity index (χ0) is 16.1. The van der Waals surface area contributed by atoms with Crippen LogP contribution < -0.4 is 4.74 Å². The summed E-state index contributed by atoms with van der Waals surface area (Å²) in [6.07, 6.45) is -0.629. The maximum atomic E-state index is 10.5. The summed E-state index contributed by atoms with van der Waals surface area (Å²) in [7, 11) is 0. The minimum absolute atomic E-state index is 0.629. The largest absolute Gasteiger partial charge is 0.494 e. The first-order valence-corrected chi connectivity index (χ1v) is 7.84. The number of ether oxygens (including phenoxy) is 1. The van der Waals surface area contributed by atoms with Gasteiger partial charge in [-0.15, -0.1) is 0 Å². The molecule has 116 valence electrons. The average Bonchev–Trinajstić information content (AvgIpc) is 2.63. The Kier molecular flexibility index (Phi) is 4.74. The van der Waals surface area contributed by atoms with Crippen LogP contribution >= 0.6 is 0 Å². The molecule has 1 atom stereocenters. The first kappa shape index (κ1) is 15.3. The quantitative estimate of drug-likeness (QED) is 0.731. The normalized spacial score (nSPS) is 11.9. The second kappa shape index (κ2) is 7.12. The Hall–Kier alpha value is -2.58. The van der Waals surface area contributed by atoms with Gasteiger partial charge in [0.2, 0.25) is 0 Å². The monoisotopic (exact) mass is 304 g/mol. The molecule has 0 aliphatic rings. The molecule has 1 N–H and O–H groups in total. The van der Waals surface area contributed by atoms with Gasteiger partial charge in [0.1, 0.15) is 11.9 Å². The topological polar surface area (TPSA) is 29.5 Å². The predicted molar refractivity (Wildman–Crippen MR) is 93.6 cm³/mol. The third-order valence-corrected chi connectivity index (χ3v) is 3.84. The average molecular weight is 304 g/mol. The molecule has 3 aromatic rings. The van der Waals surface area contributed by atoms with E-state index in [4.69, 9.17) is 4.74 Å². The highest BCUT2D eigenvalue weighted by molar-refractivity contribution is 5.63. The molecule has 0 heterocycles. The zero-order valence-corrected chi connectivity index (χ0v) is 13.1. The molecule has 0 fully saturated rings. The van der Waals surface area contributed by atoms with Gasteiger partial charge in [-0.1, -0.05) is 66.7 Å². The number of aliphatic hydroxyl groups excluding tert-OH is 1. The van der Waals surface area contributed by atoms with Gasteiger partial charge >= 0.3 is 0 Å². The van der Waals surface area contributed by atoms with Crippen molar-refractivity contribution in [2.24, 2.45) is 0 Å². The van der Waals surface area contributed by atoms with Crippen LogP contribution in [0.15, 0.2) is 78.9 Å². The molecule has 0 aliphatic heterocycles. The van der Waals surface area contributed by atoms with Crippen molar-refractivity contribution in [1.82, 2.24) is 0 Å². The smallest absolute Gasteiger partial charge is 0.119 e. The van der Waals surface area contributed by atoms with E-state index < -0.39 is 6.10 Å². The lowest BCUT2D eigenvalue weighted by Crippen LogP contribution is -2.00. The van der Waals surface area contributed by atoms with Gasteiger partial charge < -0.3 is 9.84 Å². The van der Waals surface area contributed by atoms with Crippen molar-refractivity contribution in [3.8, 4) is 16.9 Å². The molecule has 0 aromatic heterocycles. The van der Waals surface area contributed by atoms with Gasteiger partial charge in [0.15, 0.2) is 0 Å². The highest BCUT2D eigenvalue weighted by Crippen LogP contribution is 2.26. The lowest BCUT2D eigenvalue weighted by molar-refractivity contribution is 0.220. The summed E-state index contributed by atoms with van der Waals surface area (Å²) < 4.78 is 5.43. The van der Waals surface area contributed by atoms with Gasteiger partial charge in [-0.2, -0.15) is 0 Å². The van der Waals surface area contributed by atoms with E-state index in [1.54, 1.807) is 0 Å². The fourth-order valence-corrected chi connectivity index (χ4v) is 2.59. The van der Waals surface area contributed by atoms with Crippen molar-refractivity contribution in [2.75, 3.05) is 6.61 Å². The first-order chi connectivity index (χ1) is 11.3. The standard InChI is InChI=1S/C21H20O2/c1-2-23-20-14-12-19(13-15-20)21(22)18-10-8-17(9-11-18)16-6-4-3-5-7-16/h3-15,21-22H,2H2,1H3. The summed E-state index contributed by atoms with van der Waals surface area (Å²) in [5.74, 6) is 0.822. The van der Waals surface area contributed by atoms with E-state index in [0.29, 0.717) is 6.61 Å². The van der Waals surface area contributed by atoms with Crippen LogP contribution in [0.25, 0.3) is 11.1 Å². The van der Waals surface area contributed by atoms with Crippen LogP contribution in [0, 0.1) is 0 Å². The molecule has 0 spiro atoms. The molecule has 0 amide bonds. The summed E-state index contributed by atoms with van der Waals surface area (Å²) in [6, 6.07) is 25.8. The minimum atomic E-state index is -0.629. The van der Waals surface area contributed by atoms with Crippen LogP contribution in [0.4, 0.5) is 0 Å². The van der Waals surface area contributed by atoms with Crippen LogP contribution in [0.3, 0.4) is 0 Å². The second-order valence-corrected chi connectivity index (χ2v) is 5.39. The Balaban J connectivity index is 1.78. The second-order valence-electron chi connectivity index (χ2n) is 5.39. The van der Waals surface area contributed by atoms with Gasteiger partial charge in [-0.25, -0.2) is 0 Å². The molecule has 0 aliphatic carbocycles. The molecule has 0 radical (unpaired) electrons. The molecule has 0 bridgehead atoms. The lowest BCUT2D eigenvalue weighted by atomic mass is 9.98. The number of aliphatic hydroxyl groups is 1. The number of benzene rings is 3. The van der Waals surface area contributed by atoms with Gasteiger partial charge in [-0.3, -0.25) is 0 Å². The number of rotatable bonds is 5. The lowest BCUT2D eigenvalue weighted by Gasteiger charge is -2.13. The van der Waals surface area contributed by atoms with Gasteiger partial charge in [-0.05, 0) is 41.3 Å². The Bertz CT molecular complexity index is 731. The number of hydrogen-bond donors (Lipinski definition) is 1. The molecule has 0 saturated carbocycles. The minimum Gasteiger partial charge on any atom is -0.494 e. The van der Waals surface area contributed by atoms with Crippen molar-refractivity contribution in [3.05, 3.63) is 90.0 Å². The van der Waals surface area contributed by atoms with E-state index in [2.05, 4.69) is 12.1 Å². The van der Waals surface area contributed by atoms with Crippen molar-refractivity contribution in [3.63, 3.8) is 0 Å². The van der Waals surface area contributed by atoms with E-state index in [0.717, 1.165) is 22.4 Å². The highest BCUT2D eigenvalue weighted by atomic mass is 16.5. The maximum absolute atomic E-state index is 10.5. The van der Waals surface area contributed by atoms with Crippen molar-refractivity contribution in [1.29, 1.82) is 0 Å². The van der Waals surface area contributed by atoms with E-state index >= 15 is 0 Å². The summed E-state index contributed by atoms with van der Waals surface area (Å²) in [4.78, 5) is 0. The third kappa shape index (κ3) is 3.61. The Labute approximate surface area is 137 Å². The molecule has 23 heavy (non-hydrogen) atoms. The summed E-state index contributed by atoms with van der Waals surface area (Å²) in [5, 5.41) is 10.5. The molecule has 3 aromatic carbocycles. The summed E-state index contributed by atoms with van der Waals surface area (Å²) >= 11 is 0. The Morgan fingerprint density at radius 1 is 0.739 bits per heavy atom. The Morgan fingerprint density at radius 2 is 1.26 bits per heavy atom. The first-order valence-electron chi connectivity index (χ1n) is 7.84. The van der Waals surface area contributed by atoms with Crippen LogP contribution in [0.2, 0.25) is 0 Å². The SMILES string of the molecule is CCOc1ccc(C(O)c2ccc(-c3ccccc3)cc2)cc1. The summed E-state index contributed by atoms with van der Waals surface area (Å²) in [6.45, 7) is 2.60. The predicted octanol–water partition coefficient (Wildman–Crippen LogP) is 4.83. The van der Waals surface area contributed by atoms with Crippen molar-refractivity contribution >= 4 is 0 Å². The van der Waals surface area contributed by atoms with Gasteiger partial charge in [0.25, 0.3) is 0 Å². The molecular weight excluding hydrogens is 284 g/mol. The van der Waals surface area contributed by atoms with E-state index in [1.807, 2.05) is 73.7 Å². The van der Waals surface area contributed by atoms with Crippen LogP contribution in [0.1, 0.15) is 24.2 Å². The molecule has 2 heteroatoms. The third-order valence-electron chi connectivity index (χ3n) is 3.84. The Morgan fingerprint density at radius 3 is 1.83 bits per heavy atom. The van der Waals surface area contributed by atoms with E-state index in [1.165, 1.54) is 5.56 Å². The fraction of sp³-hybridized carbons (Fsp3) is 0.143. The number of hydrogen-bond acceptors (Lipinski definition) is 2. The molecule has 0 saturated heterocycles. The summed E-state index contributed by atoms with van der Waals surface area (Å²) in [5.41, 5.74) is 4.07. The van der Waals surface area contributed by atoms with E-state index in [-0.39, 0.29) is 0 Å². The maximum Gasteiger partial charge on any atom is 0.119 e. The van der Waals surface area contributed by atoms with Gasteiger partial charge in [0, 0.05) is 0 Å². The van der Waals surface area contributed by atoms with E-state index in [9.17, 15) is 5.11 Å². The van der Waals surface area contributed by atoms with Crippen molar-refractivity contribution < 1.29 is 9.84 Å². The zero-order valence-electron chi connectivity index (χ0n) is 13.1. The van der Waals surface area contributed by atoms with Crippen molar-refractivity contribution in [2.45, 2.75) is 13.0 Å². The van der Waals surface area contributed by atoms with Crippen LogP contribution in [0.5, 0.6) is 5.75 Å². The fourth-order valence-electron chi connectivity index (χ4n) is 2.59. The van der Waals surface area contributed by atoms with Crippen LogP contribution in [-0.2, 0) is 0 Å². The molecular formula is C21H20O2. The van der Waals surface area contributed by atoms with Gasteiger partial charge in [0.05, 0.1) is 6.61 Å². The highest BCUT2D eigenvalue weighted by Gasteiger charge is 2.10. The molecule has 2 nitrogen and oxygen atoms in total. The molecule has 3 rings (SSSR count).